The molecule has 0 unspecified atom stereocenters. The van der Waals surface area contributed by atoms with E-state index in [4.69, 9.17) is 4.74 Å². The molecule has 0 spiro atoms. The normalized spacial score (nSPS) is 9.50. The molecule has 2 aromatic carbocycles. The smallest absolute Gasteiger partial charge is 0.314 e. The molecule has 1 amide bonds. The predicted molar refractivity (Wildman–Crippen MR) is 62.3 cm³/mol. The molecule has 0 aliphatic heterocycles. The summed E-state index contributed by atoms with van der Waals surface area (Å²) in [6.45, 7) is 0. The fraction of sp³-hybridized carbons (Fsp3) is 0. The third-order valence-electron chi connectivity index (χ3n) is 2.04. The van der Waals surface area contributed by atoms with Crippen LogP contribution in [-0.4, -0.2) is 6.41 Å². The van der Waals surface area contributed by atoms with Gasteiger partial charge in [-0.1, -0.05) is 30.3 Å². The monoisotopic (exact) mass is 212 g/mol. The summed E-state index contributed by atoms with van der Waals surface area (Å²) in [5.41, 5.74) is 0.598. The highest BCUT2D eigenvalue weighted by atomic mass is 16.5. The molecule has 0 saturated carbocycles. The van der Waals surface area contributed by atoms with E-state index in [1.165, 1.54) is 0 Å². The van der Waals surface area contributed by atoms with E-state index >= 15 is 0 Å². The summed E-state index contributed by atoms with van der Waals surface area (Å²) in [7, 11) is 0. The van der Waals surface area contributed by atoms with Gasteiger partial charge in [0.1, 0.15) is 5.75 Å². The lowest BCUT2D eigenvalue weighted by atomic mass is 10.3. The summed E-state index contributed by atoms with van der Waals surface area (Å²) in [6, 6.07) is 16.6. The lowest BCUT2D eigenvalue weighted by Gasteiger charge is -2.09. The Hall–Kier alpha value is -2.29. The van der Waals surface area contributed by atoms with E-state index in [-0.39, 0.29) is 0 Å². The van der Waals surface area contributed by atoms with Crippen molar-refractivity contribution in [3.05, 3.63) is 54.6 Å². The van der Waals surface area contributed by atoms with Gasteiger partial charge in [-0.05, 0) is 24.3 Å². The van der Waals surface area contributed by atoms with E-state index in [1.807, 2.05) is 42.5 Å². The van der Waals surface area contributed by atoms with Crippen molar-refractivity contribution in [1.29, 1.82) is 0 Å². The van der Waals surface area contributed by atoms with Gasteiger partial charge in [0, 0.05) is 0 Å². The van der Waals surface area contributed by atoms with Crippen molar-refractivity contribution in [1.82, 2.24) is 0 Å². The van der Waals surface area contributed by atoms with Crippen LogP contribution in [0.3, 0.4) is 0 Å². The molecule has 0 aliphatic rings. The van der Waals surface area contributed by atoms with Crippen LogP contribution in [0, 0.1) is 0 Å². The molecule has 0 aliphatic carbocycles. The van der Waals surface area contributed by atoms with E-state index in [0.29, 0.717) is 11.4 Å². The highest BCUT2D eigenvalue weighted by Crippen LogP contribution is 2.28. The molecule has 0 saturated heterocycles. The Bertz CT molecular complexity index is 468. The summed E-state index contributed by atoms with van der Waals surface area (Å²) in [5, 5.41) is 2.47. The van der Waals surface area contributed by atoms with Crippen molar-refractivity contribution >= 4 is 12.1 Å². The highest BCUT2D eigenvalue weighted by molar-refractivity contribution is 5.75. The van der Waals surface area contributed by atoms with E-state index in [9.17, 15) is 4.79 Å². The lowest BCUT2D eigenvalue weighted by molar-refractivity contribution is 0.484. The predicted octanol–water partition coefficient (Wildman–Crippen LogP) is 2.96. The molecular weight excluding hydrogens is 202 g/mol. The quantitative estimate of drug-likeness (QED) is 0.791. The molecule has 16 heavy (non-hydrogen) atoms. The molecule has 2 aromatic rings. The second kappa shape index (κ2) is 4.98. The van der Waals surface area contributed by atoms with E-state index < -0.39 is 0 Å². The van der Waals surface area contributed by atoms with Crippen LogP contribution in [0.25, 0.3) is 0 Å². The first-order valence-electron chi connectivity index (χ1n) is 4.85. The van der Waals surface area contributed by atoms with Crippen molar-refractivity contribution in [2.45, 2.75) is 0 Å². The van der Waals surface area contributed by atoms with Crippen LogP contribution >= 0.6 is 0 Å². The van der Waals surface area contributed by atoms with Crippen molar-refractivity contribution in [3.8, 4) is 11.5 Å². The van der Waals surface area contributed by atoms with Gasteiger partial charge in [0.25, 0.3) is 0 Å². The molecule has 3 heteroatoms. The first kappa shape index (κ1) is 10.2. The van der Waals surface area contributed by atoms with Crippen molar-refractivity contribution in [2.24, 2.45) is 0 Å². The maximum absolute atomic E-state index is 10.3. The van der Waals surface area contributed by atoms with Gasteiger partial charge in [-0.25, -0.2) is 0 Å². The highest BCUT2D eigenvalue weighted by Gasteiger charge is 2.02. The molecule has 1 radical (unpaired) electrons. The third-order valence-corrected chi connectivity index (χ3v) is 2.04. The van der Waals surface area contributed by atoms with Crippen molar-refractivity contribution in [2.75, 3.05) is 5.32 Å². The number of carbonyl (C=O) groups excluding carboxylic acids is 1. The first-order valence-corrected chi connectivity index (χ1v) is 4.85. The van der Waals surface area contributed by atoms with Crippen LogP contribution in [-0.2, 0) is 4.79 Å². The van der Waals surface area contributed by atoms with Crippen molar-refractivity contribution in [3.63, 3.8) is 0 Å². The average molecular weight is 212 g/mol. The Morgan fingerprint density at radius 2 is 1.62 bits per heavy atom. The van der Waals surface area contributed by atoms with Crippen LogP contribution in [0.4, 0.5) is 5.69 Å². The Labute approximate surface area is 93.7 Å². The standard InChI is InChI=1S/C13H10NO2/c15-10-14-12-8-4-5-9-13(12)16-11-6-2-1-3-7-11/h1-9H,(H,14,15). The maximum Gasteiger partial charge on any atom is 0.314 e. The number of nitrogens with one attached hydrogen (secondary N) is 1. The zero-order valence-electron chi connectivity index (χ0n) is 8.51. The number of hydrogen-bond acceptors (Lipinski definition) is 2. The van der Waals surface area contributed by atoms with Crippen LogP contribution < -0.4 is 10.1 Å². The van der Waals surface area contributed by atoms with Gasteiger partial charge in [0.15, 0.2) is 5.75 Å². The van der Waals surface area contributed by atoms with Gasteiger partial charge >= 0.3 is 6.41 Å². The molecular formula is C13H10NO2. The van der Waals surface area contributed by atoms with E-state index in [2.05, 4.69) is 5.32 Å². The summed E-state index contributed by atoms with van der Waals surface area (Å²) in [6.07, 6.45) is 1.63. The topological polar surface area (TPSA) is 38.3 Å². The van der Waals surface area contributed by atoms with Crippen molar-refractivity contribution < 1.29 is 9.53 Å². The minimum absolute atomic E-state index is 0.594. The minimum Gasteiger partial charge on any atom is -0.455 e. The zero-order chi connectivity index (χ0) is 11.2. The van der Waals surface area contributed by atoms with Gasteiger partial charge in [0.2, 0.25) is 0 Å². The van der Waals surface area contributed by atoms with E-state index in [1.54, 1.807) is 18.5 Å². The maximum atomic E-state index is 10.3. The molecule has 1 N–H and O–H groups in total. The molecule has 0 bridgehead atoms. The Morgan fingerprint density at radius 1 is 0.938 bits per heavy atom. The fourth-order valence-corrected chi connectivity index (χ4v) is 1.33. The number of rotatable bonds is 4. The van der Waals surface area contributed by atoms with Gasteiger partial charge in [-0.2, -0.15) is 0 Å². The number of hydrogen-bond donors (Lipinski definition) is 1. The van der Waals surface area contributed by atoms with Crippen LogP contribution in [0.15, 0.2) is 54.6 Å². The molecule has 0 aromatic heterocycles. The number of benzene rings is 2. The molecule has 0 atom stereocenters. The van der Waals surface area contributed by atoms with Crippen LogP contribution in [0.2, 0.25) is 0 Å². The summed E-state index contributed by atoms with van der Waals surface area (Å²) < 4.78 is 5.62. The summed E-state index contributed by atoms with van der Waals surface area (Å²) in [4.78, 5) is 10.3. The molecule has 79 valence electrons. The second-order valence-corrected chi connectivity index (χ2v) is 3.14. The zero-order valence-corrected chi connectivity index (χ0v) is 8.51. The number of ether oxygens (including phenoxy) is 1. The Kier molecular flexibility index (Phi) is 3.18. The lowest BCUT2D eigenvalue weighted by Crippen LogP contribution is -1.96. The average Bonchev–Trinajstić information content (AvgIpc) is 2.33. The molecule has 0 fully saturated rings. The number of anilines is 1. The third kappa shape index (κ3) is 2.39. The number of amides is 1. The van der Waals surface area contributed by atoms with Crippen LogP contribution in [0.1, 0.15) is 0 Å². The van der Waals surface area contributed by atoms with Crippen LogP contribution in [0.5, 0.6) is 11.5 Å². The second-order valence-electron chi connectivity index (χ2n) is 3.14. The van der Waals surface area contributed by atoms with E-state index in [0.717, 1.165) is 5.75 Å². The largest absolute Gasteiger partial charge is 0.455 e. The van der Waals surface area contributed by atoms with Gasteiger partial charge in [-0.15, -0.1) is 0 Å². The SMILES string of the molecule is O=[C]Nc1ccccc1Oc1ccccc1. The molecule has 2 rings (SSSR count). The summed E-state index contributed by atoms with van der Waals surface area (Å²) in [5.74, 6) is 1.32. The Balaban J connectivity index is 2.24. The first-order chi connectivity index (χ1) is 7.90. The fourth-order valence-electron chi connectivity index (χ4n) is 1.33. The van der Waals surface area contributed by atoms with Gasteiger partial charge < -0.3 is 10.1 Å². The molecule has 0 heterocycles. The van der Waals surface area contributed by atoms with Gasteiger partial charge in [0.05, 0.1) is 5.69 Å². The minimum atomic E-state index is 0.594. The number of para-hydroxylation sites is 3. The molecule has 3 nitrogen and oxygen atoms in total. The van der Waals surface area contributed by atoms with Gasteiger partial charge in [-0.3, -0.25) is 4.79 Å². The Morgan fingerprint density at radius 3 is 2.38 bits per heavy atom. The summed E-state index contributed by atoms with van der Waals surface area (Å²) >= 11 is 0.